The summed E-state index contributed by atoms with van der Waals surface area (Å²) in [4.78, 5) is 4.01. The van der Waals surface area contributed by atoms with E-state index >= 15 is 0 Å². The summed E-state index contributed by atoms with van der Waals surface area (Å²) in [7, 11) is 0. The van der Waals surface area contributed by atoms with Gasteiger partial charge in [0.2, 0.25) is 0 Å². The van der Waals surface area contributed by atoms with Crippen molar-refractivity contribution >= 4 is 16.6 Å². The number of fused-ring (bicyclic) bond motifs is 1. The van der Waals surface area contributed by atoms with Gasteiger partial charge in [-0.05, 0) is 12.0 Å². The second kappa shape index (κ2) is 3.58. The van der Waals surface area contributed by atoms with Gasteiger partial charge < -0.3 is 5.73 Å². The lowest BCUT2D eigenvalue weighted by Gasteiger charge is -2.07. The molecule has 3 heteroatoms. The fourth-order valence-corrected chi connectivity index (χ4v) is 1.78. The Morgan fingerprint density at radius 3 is 2.93 bits per heavy atom. The fraction of sp³-hybridized carbons (Fsp3) is 0.167. The minimum Gasteiger partial charge on any atom is -0.383 e. The number of hydrogen-bond acceptors (Lipinski definition) is 3. The smallest absolute Gasteiger partial charge is 0.131 e. The predicted octanol–water partition coefficient (Wildman–Crippen LogP) is 2.25. The van der Waals surface area contributed by atoms with Gasteiger partial charge in [0.05, 0.1) is 5.56 Å². The Balaban J connectivity index is 2.96. The number of hydrogen-bond donors (Lipinski definition) is 1. The van der Waals surface area contributed by atoms with Crippen molar-refractivity contribution in [2.24, 2.45) is 0 Å². The number of nitrogens with zero attached hydrogens (tertiary/aromatic N) is 2. The molecule has 0 amide bonds. The van der Waals surface area contributed by atoms with Gasteiger partial charge in [-0.3, -0.25) is 0 Å². The van der Waals surface area contributed by atoms with Crippen LogP contribution in [0.3, 0.4) is 0 Å². The third kappa shape index (κ3) is 1.40. The molecule has 1 heterocycles. The van der Waals surface area contributed by atoms with Crippen LogP contribution >= 0.6 is 0 Å². The first-order valence-electron chi connectivity index (χ1n) is 4.84. The molecule has 2 aromatic rings. The average Bonchev–Trinajstić information content (AvgIpc) is 2.29. The van der Waals surface area contributed by atoms with Gasteiger partial charge in [0.1, 0.15) is 11.9 Å². The highest BCUT2D eigenvalue weighted by molar-refractivity contribution is 5.96. The lowest BCUT2D eigenvalue weighted by Crippen LogP contribution is -1.96. The Morgan fingerprint density at radius 2 is 2.27 bits per heavy atom. The molecule has 0 spiro atoms. The Labute approximate surface area is 88.2 Å². The van der Waals surface area contributed by atoms with E-state index in [4.69, 9.17) is 11.0 Å². The molecule has 1 aromatic carbocycles. The molecule has 2 N–H and O–H groups in total. The van der Waals surface area contributed by atoms with E-state index in [-0.39, 0.29) is 0 Å². The Kier molecular flexibility index (Phi) is 2.26. The maximum Gasteiger partial charge on any atom is 0.131 e. The summed E-state index contributed by atoms with van der Waals surface area (Å²) < 4.78 is 0. The van der Waals surface area contributed by atoms with E-state index in [9.17, 15) is 0 Å². The number of nitrogens with two attached hydrogens (primary N) is 1. The van der Waals surface area contributed by atoms with Crippen molar-refractivity contribution in [1.82, 2.24) is 4.98 Å². The molecule has 0 aliphatic heterocycles. The first-order valence-corrected chi connectivity index (χ1v) is 4.84. The highest BCUT2D eigenvalue weighted by Gasteiger charge is 2.07. The number of aryl methyl sites for hydroxylation is 1. The Morgan fingerprint density at radius 1 is 1.47 bits per heavy atom. The number of nitrogen functional groups attached to an aromatic ring is 1. The molecule has 0 saturated carbocycles. The molecular formula is C12H11N3. The van der Waals surface area contributed by atoms with E-state index in [0.717, 1.165) is 22.8 Å². The normalized spacial score (nSPS) is 10.1. The second-order valence-electron chi connectivity index (χ2n) is 3.36. The van der Waals surface area contributed by atoms with E-state index in [2.05, 4.69) is 18.0 Å². The van der Waals surface area contributed by atoms with E-state index < -0.39 is 0 Å². The van der Waals surface area contributed by atoms with Crippen LogP contribution in [0.15, 0.2) is 24.4 Å². The van der Waals surface area contributed by atoms with Crippen molar-refractivity contribution in [3.63, 3.8) is 0 Å². The van der Waals surface area contributed by atoms with Crippen molar-refractivity contribution in [2.75, 3.05) is 5.73 Å². The van der Waals surface area contributed by atoms with Gasteiger partial charge in [0, 0.05) is 17.0 Å². The van der Waals surface area contributed by atoms with Crippen LogP contribution in [0.4, 0.5) is 5.82 Å². The summed E-state index contributed by atoms with van der Waals surface area (Å²) in [6, 6.07) is 8.02. The molecular weight excluding hydrogens is 186 g/mol. The van der Waals surface area contributed by atoms with Gasteiger partial charge in [0.15, 0.2) is 0 Å². The molecule has 0 aliphatic rings. The number of rotatable bonds is 1. The van der Waals surface area contributed by atoms with E-state index in [1.54, 1.807) is 0 Å². The molecule has 0 atom stereocenters. The zero-order valence-corrected chi connectivity index (χ0v) is 8.49. The summed E-state index contributed by atoms with van der Waals surface area (Å²) in [6.07, 6.45) is 2.42. The predicted molar refractivity (Wildman–Crippen MR) is 60.2 cm³/mol. The summed E-state index contributed by atoms with van der Waals surface area (Å²) in [5, 5.41) is 10.8. The molecule has 2 rings (SSSR count). The fourth-order valence-electron chi connectivity index (χ4n) is 1.78. The van der Waals surface area contributed by atoms with Gasteiger partial charge in [0.25, 0.3) is 0 Å². The first-order chi connectivity index (χ1) is 7.27. The maximum atomic E-state index is 9.02. The lowest BCUT2D eigenvalue weighted by atomic mass is 10.00. The number of aromatic nitrogens is 1. The third-order valence-corrected chi connectivity index (χ3v) is 2.53. The summed E-state index contributed by atoms with van der Waals surface area (Å²) in [5.74, 6) is 0.485. The van der Waals surface area contributed by atoms with Crippen LogP contribution in [0.1, 0.15) is 18.1 Å². The zero-order chi connectivity index (χ0) is 10.8. The minimum absolute atomic E-state index is 0.485. The van der Waals surface area contributed by atoms with E-state index in [1.807, 2.05) is 18.2 Å². The molecule has 1 aromatic heterocycles. The van der Waals surface area contributed by atoms with Crippen LogP contribution in [-0.2, 0) is 6.42 Å². The van der Waals surface area contributed by atoms with Crippen LogP contribution in [0, 0.1) is 11.3 Å². The first kappa shape index (κ1) is 9.47. The van der Waals surface area contributed by atoms with Crippen LogP contribution in [0.5, 0.6) is 0 Å². The molecule has 74 valence electrons. The number of anilines is 1. The maximum absolute atomic E-state index is 9.02. The van der Waals surface area contributed by atoms with Crippen molar-refractivity contribution < 1.29 is 0 Å². The van der Waals surface area contributed by atoms with Crippen LogP contribution < -0.4 is 5.73 Å². The standard InChI is InChI=1S/C12H11N3/c1-2-8-4-3-5-10-11(8)9(6-13)7-15-12(10)14/h3-5,7H,2H2,1H3,(H2,14,15). The van der Waals surface area contributed by atoms with Crippen LogP contribution in [-0.4, -0.2) is 4.98 Å². The topological polar surface area (TPSA) is 62.7 Å². The second-order valence-corrected chi connectivity index (χ2v) is 3.36. The average molecular weight is 197 g/mol. The molecule has 0 fully saturated rings. The third-order valence-electron chi connectivity index (χ3n) is 2.53. The van der Waals surface area contributed by atoms with Gasteiger partial charge in [-0.2, -0.15) is 5.26 Å². The van der Waals surface area contributed by atoms with E-state index in [1.165, 1.54) is 6.20 Å². The van der Waals surface area contributed by atoms with Gasteiger partial charge >= 0.3 is 0 Å². The summed E-state index contributed by atoms with van der Waals surface area (Å²) in [6.45, 7) is 2.06. The summed E-state index contributed by atoms with van der Waals surface area (Å²) in [5.41, 5.74) is 7.51. The molecule has 0 saturated heterocycles. The number of nitriles is 1. The highest BCUT2D eigenvalue weighted by Crippen LogP contribution is 2.25. The monoisotopic (exact) mass is 197 g/mol. The highest BCUT2D eigenvalue weighted by atomic mass is 14.8. The molecule has 3 nitrogen and oxygen atoms in total. The van der Waals surface area contributed by atoms with Crippen molar-refractivity contribution in [2.45, 2.75) is 13.3 Å². The quantitative estimate of drug-likeness (QED) is 0.762. The number of pyridine rings is 1. The van der Waals surface area contributed by atoms with Gasteiger partial charge in [-0.25, -0.2) is 4.98 Å². The van der Waals surface area contributed by atoms with Crippen molar-refractivity contribution in [1.29, 1.82) is 5.26 Å². The van der Waals surface area contributed by atoms with E-state index in [0.29, 0.717) is 11.4 Å². The Hall–Kier alpha value is -2.08. The largest absolute Gasteiger partial charge is 0.383 e. The molecule has 0 bridgehead atoms. The molecule has 15 heavy (non-hydrogen) atoms. The lowest BCUT2D eigenvalue weighted by molar-refractivity contribution is 1.16. The zero-order valence-electron chi connectivity index (χ0n) is 8.49. The van der Waals surface area contributed by atoms with Crippen molar-refractivity contribution in [3.05, 3.63) is 35.5 Å². The molecule has 0 radical (unpaired) electrons. The van der Waals surface area contributed by atoms with Crippen LogP contribution in [0.25, 0.3) is 10.8 Å². The minimum atomic E-state index is 0.485. The SMILES string of the molecule is CCc1cccc2c(N)ncc(C#N)c12. The molecule has 0 unspecified atom stereocenters. The summed E-state index contributed by atoms with van der Waals surface area (Å²) >= 11 is 0. The van der Waals surface area contributed by atoms with Crippen LogP contribution in [0.2, 0.25) is 0 Å². The number of benzene rings is 1. The van der Waals surface area contributed by atoms with Crippen molar-refractivity contribution in [3.8, 4) is 6.07 Å². The molecule has 0 aliphatic carbocycles. The Bertz CT molecular complexity index is 553. The van der Waals surface area contributed by atoms with Gasteiger partial charge in [-0.1, -0.05) is 25.1 Å². The van der Waals surface area contributed by atoms with Gasteiger partial charge in [-0.15, -0.1) is 0 Å².